The van der Waals surface area contributed by atoms with Crippen molar-refractivity contribution in [3.8, 4) is 17.1 Å². The highest BCUT2D eigenvalue weighted by Gasteiger charge is 2.35. The topological polar surface area (TPSA) is 56.2 Å². The van der Waals surface area contributed by atoms with Crippen molar-refractivity contribution in [1.29, 1.82) is 0 Å². The number of hydrogen-bond acceptors (Lipinski definition) is 3. The largest absolute Gasteiger partial charge is 0.497 e. The summed E-state index contributed by atoms with van der Waals surface area (Å²) in [5.74, 6) is 2.14. The van der Waals surface area contributed by atoms with Gasteiger partial charge in [0.1, 0.15) is 17.6 Å². The number of fused-ring (bicyclic) bond motifs is 1. The minimum atomic E-state index is -0.249. The summed E-state index contributed by atoms with van der Waals surface area (Å²) in [7, 11) is 1.69. The van der Waals surface area contributed by atoms with E-state index in [1.54, 1.807) is 7.11 Å². The molecule has 3 aromatic rings. The Balaban J connectivity index is 1.62. The van der Waals surface area contributed by atoms with E-state index in [-0.39, 0.29) is 11.9 Å². The van der Waals surface area contributed by atoms with E-state index in [1.807, 2.05) is 36.4 Å². The van der Waals surface area contributed by atoms with Gasteiger partial charge in [-0.2, -0.15) is 0 Å². The van der Waals surface area contributed by atoms with E-state index in [9.17, 15) is 4.79 Å². The van der Waals surface area contributed by atoms with Crippen LogP contribution in [0.5, 0.6) is 5.75 Å². The number of carbonyl (C=O) groups is 1. The number of ether oxygens (including phenoxy) is 1. The van der Waals surface area contributed by atoms with Crippen LogP contribution < -0.4 is 10.1 Å². The molecule has 2 saturated carbocycles. The van der Waals surface area contributed by atoms with Crippen LogP contribution in [-0.4, -0.2) is 28.6 Å². The normalized spacial score (nSPS) is 18.8. The summed E-state index contributed by atoms with van der Waals surface area (Å²) in [4.78, 5) is 19.0. The molecule has 0 spiro atoms. The number of rotatable bonds is 6. The summed E-state index contributed by atoms with van der Waals surface area (Å²) in [5.41, 5.74) is 2.95. The first-order valence-electron chi connectivity index (χ1n) is 12.7. The van der Waals surface area contributed by atoms with Crippen molar-refractivity contribution in [2.24, 2.45) is 5.92 Å². The lowest BCUT2D eigenvalue weighted by Crippen LogP contribution is -2.43. The molecule has 2 aromatic carbocycles. The van der Waals surface area contributed by atoms with Gasteiger partial charge in [0.2, 0.25) is 5.91 Å². The van der Waals surface area contributed by atoms with E-state index in [0.29, 0.717) is 12.0 Å². The van der Waals surface area contributed by atoms with Gasteiger partial charge in [0.05, 0.1) is 18.1 Å². The zero-order valence-electron chi connectivity index (χ0n) is 19.6. The van der Waals surface area contributed by atoms with Gasteiger partial charge in [0.15, 0.2) is 0 Å². The zero-order valence-corrected chi connectivity index (χ0v) is 19.6. The summed E-state index contributed by atoms with van der Waals surface area (Å²) in [6, 6.07) is 16.3. The molecule has 1 heterocycles. The molecule has 33 heavy (non-hydrogen) atoms. The average molecular weight is 446 g/mol. The molecule has 1 unspecified atom stereocenters. The first-order valence-corrected chi connectivity index (χ1v) is 12.7. The van der Waals surface area contributed by atoms with E-state index in [4.69, 9.17) is 9.72 Å². The Labute approximate surface area is 196 Å². The Hall–Kier alpha value is -2.82. The molecule has 5 heteroatoms. The van der Waals surface area contributed by atoms with Crippen molar-refractivity contribution < 1.29 is 9.53 Å². The third-order valence-corrected chi connectivity index (χ3v) is 7.52. The molecule has 1 amide bonds. The van der Waals surface area contributed by atoms with Gasteiger partial charge in [0.25, 0.3) is 0 Å². The maximum Gasteiger partial charge on any atom is 0.243 e. The molecule has 0 bridgehead atoms. The van der Waals surface area contributed by atoms with Crippen LogP contribution in [0.2, 0.25) is 0 Å². The number of imidazole rings is 1. The predicted molar refractivity (Wildman–Crippen MR) is 132 cm³/mol. The third kappa shape index (κ3) is 4.64. The van der Waals surface area contributed by atoms with Crippen LogP contribution in [-0.2, 0) is 4.79 Å². The molecule has 2 fully saturated rings. The summed E-state index contributed by atoms with van der Waals surface area (Å²) in [6.07, 6.45) is 11.7. The van der Waals surface area contributed by atoms with Gasteiger partial charge in [-0.15, -0.1) is 0 Å². The molecule has 1 atom stereocenters. The Morgan fingerprint density at radius 1 is 0.970 bits per heavy atom. The fraction of sp³-hybridized carbons (Fsp3) is 0.500. The monoisotopic (exact) mass is 445 g/mol. The van der Waals surface area contributed by atoms with Crippen molar-refractivity contribution >= 4 is 16.9 Å². The molecule has 0 radical (unpaired) electrons. The molecular formula is C28H35N3O2. The Bertz CT molecular complexity index is 1090. The average Bonchev–Trinajstić information content (AvgIpc) is 3.25. The molecule has 2 aliphatic rings. The quantitative estimate of drug-likeness (QED) is 0.486. The third-order valence-electron chi connectivity index (χ3n) is 7.52. The molecule has 1 aromatic heterocycles. The molecule has 5 nitrogen and oxygen atoms in total. The zero-order chi connectivity index (χ0) is 22.6. The Morgan fingerprint density at radius 3 is 2.45 bits per heavy atom. The molecule has 174 valence electrons. The maximum absolute atomic E-state index is 14.0. The fourth-order valence-electron chi connectivity index (χ4n) is 5.82. The first-order chi connectivity index (χ1) is 16.2. The SMILES string of the molecule is COc1cccc(-c2nc3ccccc3n2C(C(=O)NC2CCCCC2)C2CCCCC2)c1. The summed E-state index contributed by atoms with van der Waals surface area (Å²) in [6.45, 7) is 0. The summed E-state index contributed by atoms with van der Waals surface area (Å²) in [5, 5.41) is 3.46. The number of aromatic nitrogens is 2. The van der Waals surface area contributed by atoms with Crippen LogP contribution in [0, 0.1) is 5.92 Å². The second kappa shape index (κ2) is 9.98. The smallest absolute Gasteiger partial charge is 0.243 e. The van der Waals surface area contributed by atoms with Gasteiger partial charge in [-0.1, -0.05) is 62.8 Å². The van der Waals surface area contributed by atoms with Crippen molar-refractivity contribution in [1.82, 2.24) is 14.9 Å². The van der Waals surface area contributed by atoms with Crippen molar-refractivity contribution in [2.75, 3.05) is 7.11 Å². The number of hydrogen-bond donors (Lipinski definition) is 1. The predicted octanol–water partition coefficient (Wildman–Crippen LogP) is 6.28. The molecule has 0 aliphatic heterocycles. The molecule has 2 aliphatic carbocycles. The molecular weight excluding hydrogens is 410 g/mol. The number of nitrogens with zero attached hydrogens (tertiary/aromatic N) is 2. The number of carbonyl (C=O) groups excluding carboxylic acids is 1. The second-order valence-corrected chi connectivity index (χ2v) is 9.71. The van der Waals surface area contributed by atoms with Crippen LogP contribution in [0.3, 0.4) is 0 Å². The van der Waals surface area contributed by atoms with E-state index in [1.165, 1.54) is 38.5 Å². The number of amides is 1. The van der Waals surface area contributed by atoms with Gasteiger partial charge >= 0.3 is 0 Å². The van der Waals surface area contributed by atoms with E-state index in [0.717, 1.165) is 53.9 Å². The van der Waals surface area contributed by atoms with E-state index < -0.39 is 0 Å². The summed E-state index contributed by atoms with van der Waals surface area (Å²) < 4.78 is 7.73. The van der Waals surface area contributed by atoms with Crippen molar-refractivity contribution in [3.63, 3.8) is 0 Å². The minimum Gasteiger partial charge on any atom is -0.497 e. The summed E-state index contributed by atoms with van der Waals surface area (Å²) >= 11 is 0. The molecule has 5 rings (SSSR count). The lowest BCUT2D eigenvalue weighted by molar-refractivity contribution is -0.127. The van der Waals surface area contributed by atoms with Gasteiger partial charge in [-0.05, 0) is 55.9 Å². The van der Waals surface area contributed by atoms with E-state index in [2.05, 4.69) is 22.0 Å². The Kier molecular flexibility index (Phi) is 6.65. The first kappa shape index (κ1) is 22.0. The van der Waals surface area contributed by atoms with Crippen LogP contribution in [0.4, 0.5) is 0 Å². The number of benzene rings is 2. The van der Waals surface area contributed by atoms with E-state index >= 15 is 0 Å². The maximum atomic E-state index is 14.0. The van der Waals surface area contributed by atoms with Crippen LogP contribution in [0.25, 0.3) is 22.4 Å². The minimum absolute atomic E-state index is 0.168. The molecule has 1 N–H and O–H groups in total. The van der Waals surface area contributed by atoms with Crippen LogP contribution in [0.15, 0.2) is 48.5 Å². The Morgan fingerprint density at radius 2 is 1.70 bits per heavy atom. The number of nitrogens with one attached hydrogen (secondary N) is 1. The van der Waals surface area contributed by atoms with Crippen molar-refractivity contribution in [2.45, 2.75) is 76.3 Å². The lowest BCUT2D eigenvalue weighted by atomic mass is 9.82. The fourth-order valence-corrected chi connectivity index (χ4v) is 5.82. The highest BCUT2D eigenvalue weighted by molar-refractivity contribution is 5.87. The van der Waals surface area contributed by atoms with Gasteiger partial charge in [-0.25, -0.2) is 4.98 Å². The van der Waals surface area contributed by atoms with Gasteiger partial charge in [-0.3, -0.25) is 4.79 Å². The highest BCUT2D eigenvalue weighted by atomic mass is 16.5. The molecule has 0 saturated heterocycles. The number of para-hydroxylation sites is 2. The van der Waals surface area contributed by atoms with Crippen LogP contribution >= 0.6 is 0 Å². The van der Waals surface area contributed by atoms with Gasteiger partial charge in [0, 0.05) is 11.6 Å². The second-order valence-electron chi connectivity index (χ2n) is 9.71. The van der Waals surface area contributed by atoms with Crippen molar-refractivity contribution in [3.05, 3.63) is 48.5 Å². The lowest BCUT2D eigenvalue weighted by Gasteiger charge is -2.33. The van der Waals surface area contributed by atoms with Crippen LogP contribution in [0.1, 0.15) is 70.3 Å². The van der Waals surface area contributed by atoms with Gasteiger partial charge < -0.3 is 14.6 Å². The number of methoxy groups -OCH3 is 1. The standard InChI is InChI=1S/C28H35N3O2/c1-33-23-16-10-13-21(19-23)27-30-24-17-8-9-18-25(24)31(27)26(20-11-4-2-5-12-20)28(32)29-22-14-6-3-7-15-22/h8-10,13,16-20,22,26H,2-7,11-12,14-15H2,1H3,(H,29,32). The highest BCUT2D eigenvalue weighted by Crippen LogP contribution is 2.39.